The molecule has 26 heavy (non-hydrogen) atoms. The van der Waals surface area contributed by atoms with Crippen molar-refractivity contribution in [2.75, 3.05) is 0 Å². The first-order valence-corrected chi connectivity index (χ1v) is 11.3. The smallest absolute Gasteiger partial charge is 0.00535 e. The Kier molecular flexibility index (Phi) is 5.85. The lowest BCUT2D eigenvalue weighted by Crippen LogP contribution is -2.30. The summed E-state index contributed by atoms with van der Waals surface area (Å²) in [7, 11) is -0.362. The molecule has 2 aromatic carbocycles. The van der Waals surface area contributed by atoms with Gasteiger partial charge in [-0.3, -0.25) is 0 Å². The average molecular weight is 358 g/mol. The molecule has 2 aliphatic rings. The first-order chi connectivity index (χ1) is 12.9. The fourth-order valence-corrected chi connectivity index (χ4v) is 7.57. The number of hydrogen-bond donors (Lipinski definition) is 0. The van der Waals surface area contributed by atoms with Gasteiger partial charge in [-0.2, -0.15) is 0 Å². The van der Waals surface area contributed by atoms with Crippen LogP contribution in [0, 0.1) is 5.92 Å². The van der Waals surface area contributed by atoms with Crippen LogP contribution in [0.4, 0.5) is 0 Å². The third kappa shape index (κ3) is 4.09. The van der Waals surface area contributed by atoms with Crippen molar-refractivity contribution in [3.8, 4) is 0 Å². The van der Waals surface area contributed by atoms with Gasteiger partial charge in [0.2, 0.25) is 0 Å². The molecule has 0 N–H and O–H groups in total. The molecule has 0 spiro atoms. The molecule has 1 fully saturated rings. The number of benzene rings is 2. The van der Waals surface area contributed by atoms with E-state index < -0.39 is 0 Å². The van der Waals surface area contributed by atoms with Crippen molar-refractivity contribution in [2.45, 2.75) is 44.2 Å². The van der Waals surface area contributed by atoms with Gasteiger partial charge >= 0.3 is 0 Å². The molecule has 0 saturated heterocycles. The van der Waals surface area contributed by atoms with Gasteiger partial charge in [-0.25, -0.2) is 0 Å². The summed E-state index contributed by atoms with van der Waals surface area (Å²) in [6.07, 6.45) is 14.6. The van der Waals surface area contributed by atoms with Gasteiger partial charge in [-0.15, -0.1) is 5.73 Å². The minimum atomic E-state index is -0.362. The van der Waals surface area contributed by atoms with E-state index in [1.807, 2.05) is 0 Å². The molecule has 1 heteroatoms. The lowest BCUT2D eigenvalue weighted by molar-refractivity contribution is 0.346. The van der Waals surface area contributed by atoms with Gasteiger partial charge in [0, 0.05) is 0 Å². The Bertz CT molecular complexity index is 751. The summed E-state index contributed by atoms with van der Waals surface area (Å²) < 4.78 is 0. The Morgan fingerprint density at radius 3 is 2.00 bits per heavy atom. The summed E-state index contributed by atoms with van der Waals surface area (Å²) in [6, 6.07) is 22.5. The van der Waals surface area contributed by atoms with Gasteiger partial charge in [0.25, 0.3) is 0 Å². The van der Waals surface area contributed by atoms with Crippen LogP contribution in [0.1, 0.15) is 38.5 Å². The summed E-state index contributed by atoms with van der Waals surface area (Å²) in [5.41, 5.74) is 5.57. The van der Waals surface area contributed by atoms with E-state index in [9.17, 15) is 0 Å². The second kappa shape index (κ2) is 8.68. The highest BCUT2D eigenvalue weighted by molar-refractivity contribution is 7.73. The normalized spacial score (nSPS) is 18.3. The van der Waals surface area contributed by atoms with Gasteiger partial charge in [0.05, 0.1) is 0 Å². The highest BCUT2D eigenvalue weighted by Gasteiger charge is 2.32. The van der Waals surface area contributed by atoms with E-state index in [-0.39, 0.29) is 7.92 Å². The third-order valence-corrected chi connectivity index (χ3v) is 8.66. The maximum absolute atomic E-state index is 3.47. The Balaban J connectivity index is 1.74. The molecule has 0 radical (unpaired) electrons. The predicted octanol–water partition coefficient (Wildman–Crippen LogP) is 6.11. The van der Waals surface area contributed by atoms with E-state index in [4.69, 9.17) is 0 Å². The molecule has 0 heterocycles. The van der Waals surface area contributed by atoms with Crippen molar-refractivity contribution in [3.63, 3.8) is 0 Å². The lowest BCUT2D eigenvalue weighted by Gasteiger charge is -2.37. The molecule has 0 bridgehead atoms. The zero-order chi connectivity index (χ0) is 17.6. The maximum atomic E-state index is 3.47. The minimum Gasteiger partial charge on any atom is -0.117 e. The molecular formula is C25H27P. The molecule has 1 saturated carbocycles. The van der Waals surface area contributed by atoms with E-state index in [1.165, 1.54) is 48.3 Å². The Hall–Kier alpha value is -1.87. The van der Waals surface area contributed by atoms with Crippen LogP contribution in [0.25, 0.3) is 0 Å². The number of hydrogen-bond acceptors (Lipinski definition) is 0. The largest absolute Gasteiger partial charge is 0.117 e. The number of allylic oxidation sites excluding steroid dienone is 3. The zero-order valence-electron chi connectivity index (χ0n) is 15.4. The highest BCUT2D eigenvalue weighted by Crippen LogP contribution is 2.49. The Labute approximate surface area is 159 Å². The fraction of sp³-hybridized carbons (Fsp3) is 0.320. The van der Waals surface area contributed by atoms with Crippen molar-refractivity contribution in [1.82, 2.24) is 0 Å². The van der Waals surface area contributed by atoms with Crippen LogP contribution in [0.2, 0.25) is 0 Å². The predicted molar refractivity (Wildman–Crippen MR) is 115 cm³/mol. The quantitative estimate of drug-likeness (QED) is 0.432. The molecule has 2 aliphatic carbocycles. The molecule has 0 aliphatic heterocycles. The number of rotatable bonds is 6. The maximum Gasteiger partial charge on any atom is -0.00535 e. The monoisotopic (exact) mass is 358 g/mol. The van der Waals surface area contributed by atoms with Gasteiger partial charge < -0.3 is 0 Å². The molecule has 1 unspecified atom stereocenters. The standard InChI is InChI=1S/C25H27P/c1-4-14-22(15-5-1)25(20-21-12-10-11-13-21)26(23-16-6-2-7-17-23)24-18-8-3-9-19-24/h2-3,6-12,16-19,22,25H,1,4-5,14-15,20H2. The van der Waals surface area contributed by atoms with E-state index in [1.54, 1.807) is 0 Å². The van der Waals surface area contributed by atoms with Crippen LogP contribution in [0.15, 0.2) is 90.2 Å². The molecule has 0 amide bonds. The van der Waals surface area contributed by atoms with Crippen molar-refractivity contribution in [1.29, 1.82) is 0 Å². The van der Waals surface area contributed by atoms with Crippen molar-refractivity contribution in [2.24, 2.45) is 5.92 Å². The van der Waals surface area contributed by atoms with Crippen LogP contribution < -0.4 is 10.6 Å². The van der Waals surface area contributed by atoms with Crippen LogP contribution in [0.5, 0.6) is 0 Å². The van der Waals surface area contributed by atoms with Crippen molar-refractivity contribution < 1.29 is 0 Å². The van der Waals surface area contributed by atoms with Crippen LogP contribution in [0.3, 0.4) is 0 Å². The average Bonchev–Trinajstić information content (AvgIpc) is 3.23. The SMILES string of the molecule is C1=CC=CC=1CC(C1CCCCC1)P(c1ccccc1)c1ccccc1. The molecule has 4 rings (SSSR count). The van der Waals surface area contributed by atoms with Gasteiger partial charge in [-0.1, -0.05) is 92.1 Å². The van der Waals surface area contributed by atoms with E-state index in [2.05, 4.69) is 84.6 Å². The van der Waals surface area contributed by atoms with Gasteiger partial charge in [0.1, 0.15) is 0 Å². The summed E-state index contributed by atoms with van der Waals surface area (Å²) in [5, 5.41) is 3.05. The zero-order valence-corrected chi connectivity index (χ0v) is 16.2. The Morgan fingerprint density at radius 2 is 1.46 bits per heavy atom. The highest BCUT2D eigenvalue weighted by atomic mass is 31.1. The van der Waals surface area contributed by atoms with Gasteiger partial charge in [0.15, 0.2) is 0 Å². The first kappa shape index (κ1) is 17.5. The van der Waals surface area contributed by atoms with Crippen LogP contribution >= 0.6 is 7.92 Å². The van der Waals surface area contributed by atoms with Gasteiger partial charge in [-0.05, 0) is 61.0 Å². The minimum absolute atomic E-state index is 0.362. The summed E-state index contributed by atoms with van der Waals surface area (Å²) in [5.74, 6) is 0.832. The van der Waals surface area contributed by atoms with Crippen molar-refractivity contribution in [3.05, 3.63) is 90.2 Å². The van der Waals surface area contributed by atoms with Crippen LogP contribution in [-0.4, -0.2) is 5.66 Å². The van der Waals surface area contributed by atoms with Crippen LogP contribution in [-0.2, 0) is 0 Å². The third-order valence-electron chi connectivity index (χ3n) is 5.69. The molecule has 2 aromatic rings. The second-order valence-corrected chi connectivity index (χ2v) is 9.84. The van der Waals surface area contributed by atoms with E-state index >= 15 is 0 Å². The van der Waals surface area contributed by atoms with E-state index in [0.717, 1.165) is 12.3 Å². The summed E-state index contributed by atoms with van der Waals surface area (Å²) in [4.78, 5) is 0. The molecular weight excluding hydrogens is 331 g/mol. The summed E-state index contributed by atoms with van der Waals surface area (Å²) >= 11 is 0. The molecule has 132 valence electrons. The first-order valence-electron chi connectivity index (χ1n) is 9.93. The summed E-state index contributed by atoms with van der Waals surface area (Å²) in [6.45, 7) is 0. The molecule has 1 atom stereocenters. The molecule has 0 aromatic heterocycles. The Morgan fingerprint density at radius 1 is 0.846 bits per heavy atom. The fourth-order valence-electron chi connectivity index (χ4n) is 4.42. The topological polar surface area (TPSA) is 0 Å². The van der Waals surface area contributed by atoms with Crippen molar-refractivity contribution >= 4 is 18.5 Å². The van der Waals surface area contributed by atoms with E-state index in [0.29, 0.717) is 5.66 Å². The second-order valence-electron chi connectivity index (χ2n) is 7.41. The lowest BCUT2D eigenvalue weighted by atomic mass is 9.85. The molecule has 0 nitrogen and oxygen atoms in total.